The average molecular weight is 424 g/mol. The summed E-state index contributed by atoms with van der Waals surface area (Å²) < 4.78 is 2.61. The van der Waals surface area contributed by atoms with Gasteiger partial charge in [0, 0.05) is 30.4 Å². The summed E-state index contributed by atoms with van der Waals surface area (Å²) in [5, 5.41) is 7.81. The van der Waals surface area contributed by atoms with Crippen LogP contribution in [-0.2, 0) is 13.0 Å². The second kappa shape index (κ2) is 7.36. The molecule has 4 aromatic rings. The van der Waals surface area contributed by atoms with Crippen molar-refractivity contribution in [3.63, 3.8) is 0 Å². The van der Waals surface area contributed by atoms with E-state index in [0.717, 1.165) is 39.2 Å². The Balaban J connectivity index is 1.77. The SMILES string of the molecule is CCc1ccccc1-c1cc(NCc2ccc(=O)[nH]c2)n2ncc(Br)c2n1. The van der Waals surface area contributed by atoms with Gasteiger partial charge in [0.1, 0.15) is 5.82 Å². The van der Waals surface area contributed by atoms with E-state index in [1.807, 2.05) is 18.2 Å². The van der Waals surface area contributed by atoms with Crippen LogP contribution in [0, 0.1) is 0 Å². The topological polar surface area (TPSA) is 75.1 Å². The fourth-order valence-corrected chi connectivity index (χ4v) is 3.37. The standard InChI is InChI=1S/C20H18BrN5O/c1-2-14-5-3-4-6-15(14)17-9-18(26-20(25-17)16(21)12-24-26)22-10-13-7-8-19(27)23-11-13/h3-9,11-12,22H,2,10H2,1H3,(H,23,27). The Morgan fingerprint density at radius 3 is 2.85 bits per heavy atom. The molecule has 0 amide bonds. The van der Waals surface area contributed by atoms with Crippen molar-refractivity contribution in [2.24, 2.45) is 0 Å². The minimum absolute atomic E-state index is 0.112. The molecule has 0 saturated heterocycles. The summed E-state index contributed by atoms with van der Waals surface area (Å²) in [6.45, 7) is 2.70. The predicted molar refractivity (Wildman–Crippen MR) is 110 cm³/mol. The number of hydrogen-bond acceptors (Lipinski definition) is 4. The van der Waals surface area contributed by atoms with Gasteiger partial charge >= 0.3 is 0 Å². The number of H-pyrrole nitrogens is 1. The number of pyridine rings is 1. The van der Waals surface area contributed by atoms with E-state index in [4.69, 9.17) is 4.98 Å². The van der Waals surface area contributed by atoms with Gasteiger partial charge in [-0.15, -0.1) is 0 Å². The summed E-state index contributed by atoms with van der Waals surface area (Å²) in [4.78, 5) is 18.7. The molecule has 0 aliphatic heterocycles. The van der Waals surface area contributed by atoms with E-state index < -0.39 is 0 Å². The van der Waals surface area contributed by atoms with Gasteiger partial charge in [-0.1, -0.05) is 37.3 Å². The number of aryl methyl sites for hydroxylation is 1. The number of nitrogens with one attached hydrogen (secondary N) is 2. The van der Waals surface area contributed by atoms with Gasteiger partial charge in [0.2, 0.25) is 5.56 Å². The zero-order valence-electron chi connectivity index (χ0n) is 14.7. The van der Waals surface area contributed by atoms with Crippen molar-refractivity contribution in [3.8, 4) is 11.3 Å². The maximum Gasteiger partial charge on any atom is 0.247 e. The Morgan fingerprint density at radius 1 is 1.22 bits per heavy atom. The predicted octanol–water partition coefficient (Wildman–Crippen LogP) is 4.02. The second-order valence-electron chi connectivity index (χ2n) is 6.18. The van der Waals surface area contributed by atoms with Crippen LogP contribution in [0.4, 0.5) is 5.82 Å². The number of nitrogens with zero attached hydrogens (tertiary/aromatic N) is 3. The number of rotatable bonds is 5. The number of fused-ring (bicyclic) bond motifs is 1. The lowest BCUT2D eigenvalue weighted by Gasteiger charge is -2.12. The Morgan fingerprint density at radius 2 is 2.07 bits per heavy atom. The van der Waals surface area contributed by atoms with Gasteiger partial charge in [0.05, 0.1) is 16.4 Å². The molecule has 0 unspecified atom stereocenters. The lowest BCUT2D eigenvalue weighted by molar-refractivity contribution is 0.924. The Bertz CT molecular complexity index is 1140. The van der Waals surface area contributed by atoms with E-state index in [9.17, 15) is 4.79 Å². The third kappa shape index (κ3) is 3.50. The molecule has 1 aromatic carbocycles. The van der Waals surface area contributed by atoms with E-state index in [1.54, 1.807) is 23.0 Å². The lowest BCUT2D eigenvalue weighted by Crippen LogP contribution is -2.09. The lowest BCUT2D eigenvalue weighted by atomic mass is 10.0. The van der Waals surface area contributed by atoms with Gasteiger partial charge in [-0.05, 0) is 33.5 Å². The van der Waals surface area contributed by atoms with E-state index in [1.165, 1.54) is 11.6 Å². The summed E-state index contributed by atoms with van der Waals surface area (Å²) in [5.41, 5.74) is 4.87. The molecule has 0 aliphatic carbocycles. The molecular formula is C20H18BrN5O. The summed E-state index contributed by atoms with van der Waals surface area (Å²) in [5.74, 6) is 0.831. The molecule has 0 radical (unpaired) electrons. The smallest absolute Gasteiger partial charge is 0.247 e. The van der Waals surface area contributed by atoms with Crippen LogP contribution in [0.1, 0.15) is 18.1 Å². The Hall–Kier alpha value is -2.93. The van der Waals surface area contributed by atoms with E-state index in [-0.39, 0.29) is 5.56 Å². The molecule has 136 valence electrons. The first kappa shape index (κ1) is 17.5. The van der Waals surface area contributed by atoms with Gasteiger partial charge in [0.25, 0.3) is 0 Å². The van der Waals surface area contributed by atoms with Gasteiger partial charge in [-0.3, -0.25) is 4.79 Å². The number of halogens is 1. The molecule has 0 saturated carbocycles. The molecular weight excluding hydrogens is 406 g/mol. The minimum atomic E-state index is -0.112. The van der Waals surface area contributed by atoms with Gasteiger partial charge < -0.3 is 10.3 Å². The van der Waals surface area contributed by atoms with Gasteiger partial charge in [-0.25, -0.2) is 4.98 Å². The van der Waals surface area contributed by atoms with Crippen LogP contribution in [0.15, 0.2) is 64.1 Å². The van der Waals surface area contributed by atoms with Crippen molar-refractivity contribution in [1.29, 1.82) is 0 Å². The first-order chi connectivity index (χ1) is 13.2. The number of aromatic nitrogens is 4. The maximum absolute atomic E-state index is 11.2. The van der Waals surface area contributed by atoms with Crippen LogP contribution >= 0.6 is 15.9 Å². The highest BCUT2D eigenvalue weighted by molar-refractivity contribution is 9.10. The van der Waals surface area contributed by atoms with Crippen LogP contribution in [0.5, 0.6) is 0 Å². The fourth-order valence-electron chi connectivity index (χ4n) is 3.02. The van der Waals surface area contributed by atoms with Crippen LogP contribution in [0.25, 0.3) is 16.9 Å². The molecule has 2 N–H and O–H groups in total. The normalized spacial score (nSPS) is 11.0. The van der Waals surface area contributed by atoms with Gasteiger partial charge in [0.15, 0.2) is 5.65 Å². The number of hydrogen-bond donors (Lipinski definition) is 2. The van der Waals surface area contributed by atoms with E-state index >= 15 is 0 Å². The molecule has 27 heavy (non-hydrogen) atoms. The largest absolute Gasteiger partial charge is 0.366 e. The Kier molecular flexibility index (Phi) is 4.77. The molecule has 4 rings (SSSR count). The van der Waals surface area contributed by atoms with Crippen molar-refractivity contribution in [1.82, 2.24) is 19.6 Å². The molecule has 0 atom stereocenters. The monoisotopic (exact) mass is 423 g/mol. The molecule has 3 heterocycles. The average Bonchev–Trinajstić information content (AvgIpc) is 3.08. The summed E-state index contributed by atoms with van der Waals surface area (Å²) in [6.07, 6.45) is 4.38. The van der Waals surface area contributed by atoms with Crippen LogP contribution in [0.2, 0.25) is 0 Å². The number of benzene rings is 1. The van der Waals surface area contributed by atoms with Crippen molar-refractivity contribution in [2.75, 3.05) is 5.32 Å². The first-order valence-electron chi connectivity index (χ1n) is 8.69. The molecule has 0 bridgehead atoms. The van der Waals surface area contributed by atoms with Crippen LogP contribution in [-0.4, -0.2) is 19.6 Å². The number of aromatic amines is 1. The second-order valence-corrected chi connectivity index (χ2v) is 7.03. The number of anilines is 1. The van der Waals surface area contributed by atoms with Crippen molar-refractivity contribution < 1.29 is 0 Å². The highest BCUT2D eigenvalue weighted by Crippen LogP contribution is 2.28. The zero-order valence-corrected chi connectivity index (χ0v) is 16.3. The highest BCUT2D eigenvalue weighted by atomic mass is 79.9. The van der Waals surface area contributed by atoms with Crippen molar-refractivity contribution in [3.05, 3.63) is 80.8 Å². The summed E-state index contributed by atoms with van der Waals surface area (Å²) >= 11 is 3.53. The minimum Gasteiger partial charge on any atom is -0.366 e. The molecule has 0 fully saturated rings. The van der Waals surface area contributed by atoms with Crippen molar-refractivity contribution >= 4 is 27.4 Å². The third-order valence-electron chi connectivity index (χ3n) is 4.43. The van der Waals surface area contributed by atoms with Crippen LogP contribution < -0.4 is 10.9 Å². The maximum atomic E-state index is 11.2. The van der Waals surface area contributed by atoms with E-state index in [0.29, 0.717) is 6.54 Å². The third-order valence-corrected chi connectivity index (χ3v) is 4.98. The van der Waals surface area contributed by atoms with Crippen LogP contribution in [0.3, 0.4) is 0 Å². The summed E-state index contributed by atoms with van der Waals surface area (Å²) in [6, 6.07) is 13.6. The van der Waals surface area contributed by atoms with Gasteiger partial charge in [-0.2, -0.15) is 9.61 Å². The molecule has 7 heteroatoms. The molecule has 0 aliphatic rings. The highest BCUT2D eigenvalue weighted by Gasteiger charge is 2.13. The summed E-state index contributed by atoms with van der Waals surface area (Å²) in [7, 11) is 0. The van der Waals surface area contributed by atoms with Crippen molar-refractivity contribution in [2.45, 2.75) is 19.9 Å². The quantitative estimate of drug-likeness (QED) is 0.508. The van der Waals surface area contributed by atoms with E-state index in [2.05, 4.69) is 50.4 Å². The zero-order chi connectivity index (χ0) is 18.8. The fraction of sp³-hybridized carbons (Fsp3) is 0.150. The molecule has 0 spiro atoms. The first-order valence-corrected chi connectivity index (χ1v) is 9.49. The molecule has 6 nitrogen and oxygen atoms in total. The Labute approximate surface area is 164 Å². The molecule has 3 aromatic heterocycles.